The summed E-state index contributed by atoms with van der Waals surface area (Å²) in [5, 5.41) is 13.0. The molecule has 1 N–H and O–H groups in total. The summed E-state index contributed by atoms with van der Waals surface area (Å²) in [7, 11) is 0. The minimum absolute atomic E-state index is 0.240. The van der Waals surface area contributed by atoms with Crippen molar-refractivity contribution in [1.29, 1.82) is 0 Å². The lowest BCUT2D eigenvalue weighted by atomic mass is 9.96. The maximum absolute atomic E-state index is 11.0. The first-order chi connectivity index (χ1) is 18.3. The van der Waals surface area contributed by atoms with Crippen molar-refractivity contribution in [3.8, 4) is 10.6 Å². The molecule has 1 fully saturated rings. The van der Waals surface area contributed by atoms with E-state index in [-0.39, 0.29) is 6.04 Å². The first kappa shape index (κ1) is 23.9. The van der Waals surface area contributed by atoms with Crippen LogP contribution in [0.1, 0.15) is 17.2 Å². The van der Waals surface area contributed by atoms with Gasteiger partial charge in [0.15, 0.2) is 5.65 Å². The van der Waals surface area contributed by atoms with E-state index in [4.69, 9.17) is 0 Å². The molecule has 8 heteroatoms. The SMILES string of the molecule is O[C@@H](CN1CCN(C(c2ccccc2)c2ccccc2)CC1)Cn1cnc2c(-c3cccs3)ncnc21. The molecule has 1 aliphatic heterocycles. The Morgan fingerprint density at radius 2 is 1.49 bits per heavy atom. The third-order valence-corrected chi connectivity index (χ3v) is 7.91. The van der Waals surface area contributed by atoms with Gasteiger partial charge in [0.2, 0.25) is 0 Å². The Kier molecular flexibility index (Phi) is 7.05. The van der Waals surface area contributed by atoms with E-state index in [1.165, 1.54) is 11.1 Å². The Morgan fingerprint density at radius 1 is 0.784 bits per heavy atom. The second kappa shape index (κ2) is 10.9. The highest BCUT2D eigenvalue weighted by atomic mass is 32.1. The van der Waals surface area contributed by atoms with Gasteiger partial charge in [0.25, 0.3) is 0 Å². The smallest absolute Gasteiger partial charge is 0.163 e. The Balaban J connectivity index is 1.10. The molecule has 0 bridgehead atoms. The van der Waals surface area contributed by atoms with Gasteiger partial charge >= 0.3 is 0 Å². The number of aromatic nitrogens is 4. The van der Waals surface area contributed by atoms with E-state index >= 15 is 0 Å². The van der Waals surface area contributed by atoms with Crippen LogP contribution in [-0.4, -0.2) is 73.3 Å². The molecule has 188 valence electrons. The predicted octanol–water partition coefficient (Wildman–Crippen LogP) is 4.32. The number of hydrogen-bond acceptors (Lipinski definition) is 7. The summed E-state index contributed by atoms with van der Waals surface area (Å²) in [6.45, 7) is 4.82. The van der Waals surface area contributed by atoms with Crippen molar-refractivity contribution >= 4 is 22.5 Å². The molecule has 37 heavy (non-hydrogen) atoms. The minimum Gasteiger partial charge on any atom is -0.390 e. The lowest BCUT2D eigenvalue weighted by Gasteiger charge is -2.40. The van der Waals surface area contributed by atoms with Crippen molar-refractivity contribution < 1.29 is 5.11 Å². The molecule has 6 rings (SSSR count). The number of nitrogens with zero attached hydrogens (tertiary/aromatic N) is 6. The third-order valence-electron chi connectivity index (χ3n) is 7.03. The van der Waals surface area contributed by atoms with Gasteiger partial charge in [-0.1, -0.05) is 66.7 Å². The summed E-state index contributed by atoms with van der Waals surface area (Å²) in [6, 6.07) is 25.8. The van der Waals surface area contributed by atoms with E-state index in [0.29, 0.717) is 13.1 Å². The van der Waals surface area contributed by atoms with Crippen LogP contribution in [-0.2, 0) is 6.54 Å². The maximum Gasteiger partial charge on any atom is 0.163 e. The summed E-state index contributed by atoms with van der Waals surface area (Å²) in [5.41, 5.74) is 5.02. The van der Waals surface area contributed by atoms with Gasteiger partial charge in [-0.05, 0) is 22.6 Å². The summed E-state index contributed by atoms with van der Waals surface area (Å²) >= 11 is 1.64. The van der Waals surface area contributed by atoms with Gasteiger partial charge in [-0.15, -0.1) is 11.3 Å². The summed E-state index contributed by atoms with van der Waals surface area (Å²) < 4.78 is 1.94. The van der Waals surface area contributed by atoms with E-state index in [0.717, 1.165) is 47.9 Å². The Labute approximate surface area is 220 Å². The molecule has 3 aromatic heterocycles. The molecule has 1 aliphatic rings. The predicted molar refractivity (Wildman–Crippen MR) is 147 cm³/mol. The van der Waals surface area contributed by atoms with Gasteiger partial charge in [-0.25, -0.2) is 15.0 Å². The highest BCUT2D eigenvalue weighted by Gasteiger charge is 2.27. The Hall–Kier alpha value is -3.43. The molecule has 0 saturated carbocycles. The maximum atomic E-state index is 11.0. The standard InChI is InChI=1S/C29H30N6OS/c36-24(19-35-21-32-27-26(25-12-7-17-37-25)30-20-31-29(27)35)18-33-13-15-34(16-14-33)28(22-8-3-1-4-9-22)23-10-5-2-6-11-23/h1-12,17,20-21,24,28,36H,13-16,18-19H2/t24-/m0/s1. The number of thiophene rings is 1. The zero-order valence-electron chi connectivity index (χ0n) is 20.6. The molecule has 0 radical (unpaired) electrons. The zero-order chi connectivity index (χ0) is 25.0. The highest BCUT2D eigenvalue weighted by Crippen LogP contribution is 2.30. The minimum atomic E-state index is -0.511. The monoisotopic (exact) mass is 510 g/mol. The van der Waals surface area contributed by atoms with Crippen LogP contribution < -0.4 is 0 Å². The molecule has 0 amide bonds. The summed E-state index contributed by atoms with van der Waals surface area (Å²) in [5.74, 6) is 0. The number of piperazine rings is 1. The number of rotatable bonds is 8. The molecular formula is C29H30N6OS. The average Bonchev–Trinajstić information content (AvgIpc) is 3.62. The van der Waals surface area contributed by atoms with Crippen molar-refractivity contribution in [3.63, 3.8) is 0 Å². The fraction of sp³-hybridized carbons (Fsp3) is 0.276. The second-order valence-corrected chi connectivity index (χ2v) is 10.4. The number of β-amino-alcohol motifs (C(OH)–C–C–N with tert-alkyl or cyclic N) is 1. The fourth-order valence-corrected chi connectivity index (χ4v) is 6.00. The van der Waals surface area contributed by atoms with Crippen LogP contribution in [0.15, 0.2) is 90.8 Å². The van der Waals surface area contributed by atoms with Gasteiger partial charge in [-0.2, -0.15) is 0 Å². The van der Waals surface area contributed by atoms with Gasteiger partial charge in [0, 0.05) is 32.7 Å². The van der Waals surface area contributed by atoms with E-state index < -0.39 is 6.10 Å². The lowest BCUT2D eigenvalue weighted by molar-refractivity contribution is 0.0560. The number of aliphatic hydroxyl groups is 1. The first-order valence-electron chi connectivity index (χ1n) is 12.7. The third kappa shape index (κ3) is 5.19. The molecule has 2 aromatic carbocycles. The second-order valence-electron chi connectivity index (χ2n) is 9.48. The van der Waals surface area contributed by atoms with Crippen LogP contribution in [0.2, 0.25) is 0 Å². The molecule has 1 atom stereocenters. The fourth-order valence-electron chi connectivity index (χ4n) is 5.28. The molecule has 4 heterocycles. The lowest BCUT2D eigenvalue weighted by Crippen LogP contribution is -2.50. The first-order valence-corrected chi connectivity index (χ1v) is 13.6. The molecule has 0 unspecified atom stereocenters. The number of hydrogen-bond donors (Lipinski definition) is 1. The summed E-state index contributed by atoms with van der Waals surface area (Å²) in [6.07, 6.45) is 2.84. The normalized spacial score (nSPS) is 15.9. The molecule has 1 saturated heterocycles. The van der Waals surface area contributed by atoms with Crippen molar-refractivity contribution in [2.24, 2.45) is 0 Å². The van der Waals surface area contributed by atoms with Crippen molar-refractivity contribution in [2.45, 2.75) is 18.7 Å². The van der Waals surface area contributed by atoms with Crippen LogP contribution in [0, 0.1) is 0 Å². The number of imidazole rings is 1. The summed E-state index contributed by atoms with van der Waals surface area (Å²) in [4.78, 5) is 19.5. The van der Waals surface area contributed by atoms with E-state index in [1.54, 1.807) is 24.0 Å². The van der Waals surface area contributed by atoms with Crippen LogP contribution in [0.25, 0.3) is 21.7 Å². The van der Waals surface area contributed by atoms with Gasteiger partial charge < -0.3 is 9.67 Å². The van der Waals surface area contributed by atoms with Gasteiger partial charge in [0.1, 0.15) is 17.5 Å². The molecule has 5 aromatic rings. The van der Waals surface area contributed by atoms with E-state index in [1.807, 2.05) is 22.1 Å². The molecule has 0 spiro atoms. The van der Waals surface area contributed by atoms with Crippen molar-refractivity contribution in [2.75, 3.05) is 32.7 Å². The number of fused-ring (bicyclic) bond motifs is 1. The number of aliphatic hydroxyl groups excluding tert-OH is 1. The van der Waals surface area contributed by atoms with Crippen LogP contribution >= 0.6 is 11.3 Å². The van der Waals surface area contributed by atoms with Crippen molar-refractivity contribution in [3.05, 3.63) is 102 Å². The quantitative estimate of drug-likeness (QED) is 0.335. The van der Waals surface area contributed by atoms with Crippen LogP contribution in [0.5, 0.6) is 0 Å². The zero-order valence-corrected chi connectivity index (χ0v) is 21.4. The molecular weight excluding hydrogens is 480 g/mol. The Morgan fingerprint density at radius 3 is 2.14 bits per heavy atom. The Bertz CT molecular complexity index is 1380. The topological polar surface area (TPSA) is 70.3 Å². The van der Waals surface area contributed by atoms with E-state index in [2.05, 4.69) is 85.4 Å². The van der Waals surface area contributed by atoms with E-state index in [9.17, 15) is 5.11 Å². The largest absolute Gasteiger partial charge is 0.390 e. The molecule has 7 nitrogen and oxygen atoms in total. The van der Waals surface area contributed by atoms with Crippen LogP contribution in [0.4, 0.5) is 0 Å². The van der Waals surface area contributed by atoms with Crippen molar-refractivity contribution in [1.82, 2.24) is 29.3 Å². The van der Waals surface area contributed by atoms with Gasteiger partial charge in [-0.3, -0.25) is 9.80 Å². The van der Waals surface area contributed by atoms with Crippen LogP contribution in [0.3, 0.4) is 0 Å². The van der Waals surface area contributed by atoms with Gasteiger partial charge in [0.05, 0.1) is 29.9 Å². The molecule has 0 aliphatic carbocycles. The number of benzene rings is 2. The highest BCUT2D eigenvalue weighted by molar-refractivity contribution is 7.13. The average molecular weight is 511 g/mol.